The Balaban J connectivity index is 1.92. The minimum Gasteiger partial charge on any atom is -0.497 e. The first-order valence-electron chi connectivity index (χ1n) is 6.68. The zero-order valence-electron chi connectivity index (χ0n) is 11.5. The van der Waals surface area contributed by atoms with Crippen molar-refractivity contribution >= 4 is 5.97 Å². The fraction of sp³-hybridized carbons (Fsp3) is 0.533. The van der Waals surface area contributed by atoms with Crippen molar-refractivity contribution in [1.82, 2.24) is 4.90 Å². The van der Waals surface area contributed by atoms with Crippen LogP contribution in [0.3, 0.4) is 0 Å². The van der Waals surface area contributed by atoms with E-state index < -0.39 is 5.97 Å². The highest BCUT2D eigenvalue weighted by molar-refractivity contribution is 5.70. The van der Waals surface area contributed by atoms with E-state index >= 15 is 0 Å². The summed E-state index contributed by atoms with van der Waals surface area (Å²) in [6.45, 7) is 4.61. The molecule has 0 radical (unpaired) electrons. The molecule has 1 heterocycles. The Labute approximate surface area is 114 Å². The molecule has 2 atom stereocenters. The Morgan fingerprint density at radius 2 is 2.11 bits per heavy atom. The van der Waals surface area contributed by atoms with E-state index in [0.29, 0.717) is 0 Å². The first-order valence-corrected chi connectivity index (χ1v) is 6.68. The van der Waals surface area contributed by atoms with E-state index in [2.05, 4.69) is 17.0 Å². The number of hydrogen-bond donors (Lipinski definition) is 1. The van der Waals surface area contributed by atoms with Crippen LogP contribution in [0.4, 0.5) is 0 Å². The topological polar surface area (TPSA) is 49.8 Å². The first-order chi connectivity index (χ1) is 9.10. The minimum atomic E-state index is -0.656. The third-order valence-electron chi connectivity index (χ3n) is 3.87. The maximum atomic E-state index is 11.1. The number of benzene rings is 1. The summed E-state index contributed by atoms with van der Waals surface area (Å²) in [5.74, 6) is 0.231. The van der Waals surface area contributed by atoms with E-state index in [1.165, 1.54) is 5.56 Å². The Bertz CT molecular complexity index is 430. The first kappa shape index (κ1) is 13.9. The number of hydrogen-bond acceptors (Lipinski definition) is 3. The average molecular weight is 263 g/mol. The number of carboxylic acid groups (broad SMARTS) is 1. The number of aliphatic carboxylic acids is 1. The van der Waals surface area contributed by atoms with Gasteiger partial charge in [-0.15, -0.1) is 0 Å². The van der Waals surface area contributed by atoms with E-state index in [9.17, 15) is 4.79 Å². The van der Waals surface area contributed by atoms with Gasteiger partial charge < -0.3 is 9.84 Å². The van der Waals surface area contributed by atoms with Gasteiger partial charge in [-0.3, -0.25) is 9.69 Å². The van der Waals surface area contributed by atoms with Crippen LogP contribution in [0.2, 0.25) is 0 Å². The smallest absolute Gasteiger partial charge is 0.306 e. The van der Waals surface area contributed by atoms with Crippen molar-refractivity contribution < 1.29 is 14.6 Å². The van der Waals surface area contributed by atoms with Crippen LogP contribution in [0, 0.1) is 11.8 Å². The number of carbonyl (C=O) groups is 1. The van der Waals surface area contributed by atoms with Crippen molar-refractivity contribution in [3.63, 3.8) is 0 Å². The van der Waals surface area contributed by atoms with Gasteiger partial charge in [-0.05, 0) is 36.6 Å². The molecule has 4 heteroatoms. The number of piperidine rings is 1. The van der Waals surface area contributed by atoms with E-state index in [1.54, 1.807) is 7.11 Å². The van der Waals surface area contributed by atoms with Gasteiger partial charge in [-0.2, -0.15) is 0 Å². The molecule has 0 bridgehead atoms. The van der Waals surface area contributed by atoms with Crippen molar-refractivity contribution in [3.8, 4) is 5.75 Å². The SMILES string of the molecule is COc1ccc(CN2CCC(C(=O)O)[C@@H](C)C2)cc1. The average Bonchev–Trinajstić information content (AvgIpc) is 2.39. The number of methoxy groups -OCH3 is 1. The molecule has 1 saturated heterocycles. The van der Waals surface area contributed by atoms with Crippen LogP contribution in [0.15, 0.2) is 24.3 Å². The van der Waals surface area contributed by atoms with Gasteiger partial charge in [0.05, 0.1) is 13.0 Å². The normalized spacial score (nSPS) is 24.1. The molecule has 104 valence electrons. The second-order valence-electron chi connectivity index (χ2n) is 5.29. The standard InChI is InChI=1S/C15H21NO3/c1-11-9-16(8-7-14(11)15(17)18)10-12-3-5-13(19-2)6-4-12/h3-6,11,14H,7-10H2,1-2H3,(H,17,18)/t11-,14?/m0/s1. The Morgan fingerprint density at radius 3 is 2.63 bits per heavy atom. The van der Waals surface area contributed by atoms with Crippen molar-refractivity contribution in [1.29, 1.82) is 0 Å². The van der Waals surface area contributed by atoms with Crippen molar-refractivity contribution in [2.75, 3.05) is 20.2 Å². The van der Waals surface area contributed by atoms with E-state index in [0.717, 1.165) is 31.8 Å². The lowest BCUT2D eigenvalue weighted by Gasteiger charge is -2.34. The van der Waals surface area contributed by atoms with Crippen LogP contribution >= 0.6 is 0 Å². The maximum absolute atomic E-state index is 11.1. The molecule has 0 spiro atoms. The van der Waals surface area contributed by atoms with Crippen molar-refractivity contribution in [2.24, 2.45) is 11.8 Å². The van der Waals surface area contributed by atoms with Gasteiger partial charge in [0.15, 0.2) is 0 Å². The molecule has 1 fully saturated rings. The summed E-state index contributed by atoms with van der Waals surface area (Å²) in [5, 5.41) is 9.11. The van der Waals surface area contributed by atoms with Gasteiger partial charge in [0.1, 0.15) is 5.75 Å². The van der Waals surface area contributed by atoms with E-state index in [4.69, 9.17) is 9.84 Å². The second kappa shape index (κ2) is 6.06. The van der Waals surface area contributed by atoms with E-state index in [1.807, 2.05) is 19.1 Å². The molecule has 1 unspecified atom stereocenters. The molecular formula is C15H21NO3. The molecule has 0 aromatic heterocycles. The minimum absolute atomic E-state index is 0.188. The lowest BCUT2D eigenvalue weighted by molar-refractivity contribution is -0.145. The quantitative estimate of drug-likeness (QED) is 0.905. The molecule has 1 aliphatic heterocycles. The van der Waals surface area contributed by atoms with Crippen LogP contribution < -0.4 is 4.74 Å². The largest absolute Gasteiger partial charge is 0.497 e. The number of nitrogens with zero attached hydrogens (tertiary/aromatic N) is 1. The van der Waals surface area contributed by atoms with Crippen molar-refractivity contribution in [3.05, 3.63) is 29.8 Å². The summed E-state index contributed by atoms with van der Waals surface area (Å²) in [6.07, 6.45) is 0.743. The Kier molecular flexibility index (Phi) is 4.43. The van der Waals surface area contributed by atoms with Crippen LogP contribution in [0.25, 0.3) is 0 Å². The molecule has 1 aliphatic rings. The molecule has 2 rings (SSSR count). The summed E-state index contributed by atoms with van der Waals surface area (Å²) in [7, 11) is 1.66. The van der Waals surface area contributed by atoms with Gasteiger partial charge in [0, 0.05) is 13.1 Å². The van der Waals surface area contributed by atoms with Crippen LogP contribution in [-0.2, 0) is 11.3 Å². The van der Waals surface area contributed by atoms with Gasteiger partial charge in [-0.1, -0.05) is 19.1 Å². The molecule has 0 saturated carbocycles. The van der Waals surface area contributed by atoms with E-state index in [-0.39, 0.29) is 11.8 Å². The highest BCUT2D eigenvalue weighted by atomic mass is 16.5. The molecule has 1 N–H and O–H groups in total. The summed E-state index contributed by atoms with van der Waals surface area (Å²) in [4.78, 5) is 13.4. The number of rotatable bonds is 4. The molecule has 1 aromatic carbocycles. The van der Waals surface area contributed by atoms with Gasteiger partial charge in [0.25, 0.3) is 0 Å². The lowest BCUT2D eigenvalue weighted by Crippen LogP contribution is -2.41. The zero-order chi connectivity index (χ0) is 13.8. The molecular weight excluding hydrogens is 242 g/mol. The van der Waals surface area contributed by atoms with Crippen LogP contribution in [0.5, 0.6) is 5.75 Å². The fourth-order valence-electron chi connectivity index (χ4n) is 2.73. The van der Waals surface area contributed by atoms with Crippen LogP contribution in [-0.4, -0.2) is 36.2 Å². The Hall–Kier alpha value is -1.55. The van der Waals surface area contributed by atoms with Gasteiger partial charge in [-0.25, -0.2) is 0 Å². The number of carboxylic acids is 1. The predicted molar refractivity (Wildman–Crippen MR) is 73.2 cm³/mol. The Morgan fingerprint density at radius 1 is 1.42 bits per heavy atom. The summed E-state index contributed by atoms with van der Waals surface area (Å²) >= 11 is 0. The molecule has 0 amide bonds. The predicted octanol–water partition coefficient (Wildman–Crippen LogP) is 2.24. The third-order valence-corrected chi connectivity index (χ3v) is 3.87. The maximum Gasteiger partial charge on any atom is 0.306 e. The van der Waals surface area contributed by atoms with Gasteiger partial charge in [0.2, 0.25) is 0 Å². The van der Waals surface area contributed by atoms with Gasteiger partial charge >= 0.3 is 5.97 Å². The fourth-order valence-corrected chi connectivity index (χ4v) is 2.73. The summed E-state index contributed by atoms with van der Waals surface area (Å²) < 4.78 is 5.14. The van der Waals surface area contributed by atoms with Crippen LogP contribution in [0.1, 0.15) is 18.9 Å². The second-order valence-corrected chi connectivity index (χ2v) is 5.29. The monoisotopic (exact) mass is 263 g/mol. The third kappa shape index (κ3) is 3.47. The summed E-state index contributed by atoms with van der Waals surface area (Å²) in [5.41, 5.74) is 1.24. The highest BCUT2D eigenvalue weighted by Crippen LogP contribution is 2.25. The molecule has 1 aromatic rings. The lowest BCUT2D eigenvalue weighted by atomic mass is 9.87. The number of likely N-dealkylation sites (tertiary alicyclic amines) is 1. The number of ether oxygens (including phenoxy) is 1. The molecule has 0 aliphatic carbocycles. The van der Waals surface area contributed by atoms with Crippen molar-refractivity contribution in [2.45, 2.75) is 19.9 Å². The summed E-state index contributed by atoms with van der Waals surface area (Å²) in [6, 6.07) is 8.05. The molecule has 19 heavy (non-hydrogen) atoms. The zero-order valence-corrected chi connectivity index (χ0v) is 11.5. The molecule has 4 nitrogen and oxygen atoms in total. The highest BCUT2D eigenvalue weighted by Gasteiger charge is 2.30.